The second kappa shape index (κ2) is 4.41. The number of benzene rings is 1. The standard InChI is InChI=1S/C13H14N2O2/c1-9-14-12(13(16)17-9)8-10-4-6-11(7-5-10)15(2)3/h4-8H,1-3H3/b12-8+. The summed E-state index contributed by atoms with van der Waals surface area (Å²) in [5.74, 6) is 0.00495. The minimum absolute atomic E-state index is 0.347. The van der Waals surface area contributed by atoms with Gasteiger partial charge in [0.05, 0.1) is 0 Å². The van der Waals surface area contributed by atoms with E-state index in [4.69, 9.17) is 4.74 Å². The number of hydrogen-bond donors (Lipinski definition) is 0. The summed E-state index contributed by atoms with van der Waals surface area (Å²) in [4.78, 5) is 17.4. The molecule has 88 valence electrons. The molecule has 1 aromatic carbocycles. The highest BCUT2D eigenvalue weighted by molar-refractivity contribution is 6.06. The van der Waals surface area contributed by atoms with Crippen molar-refractivity contribution >= 4 is 23.6 Å². The summed E-state index contributed by atoms with van der Waals surface area (Å²) in [6.45, 7) is 1.66. The molecule has 2 rings (SSSR count). The van der Waals surface area contributed by atoms with Crippen LogP contribution in [0.1, 0.15) is 12.5 Å². The Morgan fingerprint density at radius 2 is 1.88 bits per heavy atom. The zero-order valence-corrected chi connectivity index (χ0v) is 10.1. The summed E-state index contributed by atoms with van der Waals surface area (Å²) in [5.41, 5.74) is 2.39. The lowest BCUT2D eigenvalue weighted by molar-refractivity contribution is -0.130. The molecule has 0 radical (unpaired) electrons. The molecular weight excluding hydrogens is 216 g/mol. The second-order valence-corrected chi connectivity index (χ2v) is 4.04. The fourth-order valence-electron chi connectivity index (χ4n) is 1.54. The molecule has 0 N–H and O–H groups in total. The summed E-state index contributed by atoms with van der Waals surface area (Å²) in [6, 6.07) is 7.87. The number of aliphatic imine (C=N–C) groups is 1. The highest BCUT2D eigenvalue weighted by Gasteiger charge is 2.19. The Morgan fingerprint density at radius 3 is 2.35 bits per heavy atom. The number of ether oxygens (including phenoxy) is 1. The van der Waals surface area contributed by atoms with Gasteiger partial charge in [-0.15, -0.1) is 0 Å². The van der Waals surface area contributed by atoms with Crippen LogP contribution >= 0.6 is 0 Å². The van der Waals surface area contributed by atoms with E-state index >= 15 is 0 Å². The zero-order valence-electron chi connectivity index (χ0n) is 10.1. The number of nitrogens with zero attached hydrogens (tertiary/aromatic N) is 2. The molecule has 0 amide bonds. The van der Waals surface area contributed by atoms with Gasteiger partial charge in [0.15, 0.2) is 11.6 Å². The van der Waals surface area contributed by atoms with Crippen molar-refractivity contribution in [3.63, 3.8) is 0 Å². The van der Waals surface area contributed by atoms with E-state index in [0.29, 0.717) is 11.6 Å². The third-order valence-corrected chi connectivity index (χ3v) is 2.44. The molecule has 0 saturated carbocycles. The van der Waals surface area contributed by atoms with Gasteiger partial charge in [-0.25, -0.2) is 9.79 Å². The average molecular weight is 230 g/mol. The van der Waals surface area contributed by atoms with Crippen LogP contribution in [0.25, 0.3) is 6.08 Å². The van der Waals surface area contributed by atoms with Crippen molar-refractivity contribution in [3.8, 4) is 0 Å². The van der Waals surface area contributed by atoms with Gasteiger partial charge >= 0.3 is 5.97 Å². The molecule has 0 atom stereocenters. The minimum atomic E-state index is -0.390. The van der Waals surface area contributed by atoms with E-state index in [9.17, 15) is 4.79 Å². The maximum Gasteiger partial charge on any atom is 0.363 e. The van der Waals surface area contributed by atoms with E-state index in [0.717, 1.165) is 11.3 Å². The van der Waals surface area contributed by atoms with Crippen LogP contribution in [0.4, 0.5) is 5.69 Å². The Bertz CT molecular complexity index is 499. The van der Waals surface area contributed by atoms with E-state index < -0.39 is 0 Å². The molecule has 0 saturated heterocycles. The van der Waals surface area contributed by atoms with Gasteiger partial charge in [0, 0.05) is 26.7 Å². The van der Waals surface area contributed by atoms with Crippen LogP contribution in [0.3, 0.4) is 0 Å². The molecule has 0 fully saturated rings. The first-order valence-electron chi connectivity index (χ1n) is 5.33. The summed E-state index contributed by atoms with van der Waals surface area (Å²) < 4.78 is 4.84. The molecule has 0 aliphatic carbocycles. The first-order chi connectivity index (χ1) is 8.06. The molecule has 1 aliphatic heterocycles. The van der Waals surface area contributed by atoms with Crippen LogP contribution in [0.2, 0.25) is 0 Å². The van der Waals surface area contributed by atoms with Crippen molar-refractivity contribution in [1.29, 1.82) is 0 Å². The van der Waals surface area contributed by atoms with Gasteiger partial charge in [-0.2, -0.15) is 0 Å². The Hall–Kier alpha value is -2.10. The molecule has 0 unspecified atom stereocenters. The number of carbonyl (C=O) groups excluding carboxylic acids is 1. The first kappa shape index (κ1) is 11.4. The third-order valence-electron chi connectivity index (χ3n) is 2.44. The van der Waals surface area contributed by atoms with Gasteiger partial charge in [0.1, 0.15) is 0 Å². The fraction of sp³-hybridized carbons (Fsp3) is 0.231. The number of cyclic esters (lactones) is 1. The maximum atomic E-state index is 11.4. The number of hydrogen-bond acceptors (Lipinski definition) is 4. The largest absolute Gasteiger partial charge is 0.407 e. The van der Waals surface area contributed by atoms with Gasteiger partial charge in [0.25, 0.3) is 0 Å². The van der Waals surface area contributed by atoms with E-state index in [1.165, 1.54) is 0 Å². The number of anilines is 1. The Morgan fingerprint density at radius 1 is 1.24 bits per heavy atom. The molecule has 17 heavy (non-hydrogen) atoms. The number of carbonyl (C=O) groups is 1. The van der Waals surface area contributed by atoms with Crippen LogP contribution in [-0.2, 0) is 9.53 Å². The Balaban J connectivity index is 2.25. The van der Waals surface area contributed by atoms with E-state index in [2.05, 4.69) is 4.99 Å². The van der Waals surface area contributed by atoms with Gasteiger partial charge in [-0.3, -0.25) is 0 Å². The number of esters is 1. The lowest BCUT2D eigenvalue weighted by Crippen LogP contribution is -2.07. The molecular formula is C13H14N2O2. The van der Waals surface area contributed by atoms with Crippen molar-refractivity contribution in [3.05, 3.63) is 35.5 Å². The first-order valence-corrected chi connectivity index (χ1v) is 5.33. The van der Waals surface area contributed by atoms with Gasteiger partial charge in [0.2, 0.25) is 0 Å². The predicted molar refractivity (Wildman–Crippen MR) is 67.9 cm³/mol. The molecule has 1 aliphatic rings. The monoisotopic (exact) mass is 230 g/mol. The molecule has 4 nitrogen and oxygen atoms in total. The lowest BCUT2D eigenvalue weighted by Gasteiger charge is -2.11. The lowest BCUT2D eigenvalue weighted by atomic mass is 10.1. The third kappa shape index (κ3) is 2.53. The van der Waals surface area contributed by atoms with Crippen molar-refractivity contribution in [2.45, 2.75) is 6.92 Å². The van der Waals surface area contributed by atoms with Crippen molar-refractivity contribution in [2.75, 3.05) is 19.0 Å². The molecule has 0 bridgehead atoms. The highest BCUT2D eigenvalue weighted by Crippen LogP contribution is 2.18. The second-order valence-electron chi connectivity index (χ2n) is 4.04. The van der Waals surface area contributed by atoms with E-state index in [1.54, 1.807) is 13.0 Å². The predicted octanol–water partition coefficient (Wildman–Crippen LogP) is 2.07. The zero-order chi connectivity index (χ0) is 12.4. The summed E-state index contributed by atoms with van der Waals surface area (Å²) in [5, 5.41) is 0. The van der Waals surface area contributed by atoms with Crippen LogP contribution in [0, 0.1) is 0 Å². The van der Waals surface area contributed by atoms with Gasteiger partial charge in [-0.1, -0.05) is 12.1 Å². The van der Waals surface area contributed by atoms with Gasteiger partial charge < -0.3 is 9.64 Å². The van der Waals surface area contributed by atoms with Crippen LogP contribution < -0.4 is 4.90 Å². The quantitative estimate of drug-likeness (QED) is 0.577. The normalized spacial score (nSPS) is 17.0. The maximum absolute atomic E-state index is 11.4. The van der Waals surface area contributed by atoms with Gasteiger partial charge in [-0.05, 0) is 23.8 Å². The fourth-order valence-corrected chi connectivity index (χ4v) is 1.54. The molecule has 1 heterocycles. The summed E-state index contributed by atoms with van der Waals surface area (Å²) in [6.07, 6.45) is 1.72. The summed E-state index contributed by atoms with van der Waals surface area (Å²) >= 11 is 0. The SMILES string of the molecule is CC1=N/C(=C/c2ccc(N(C)C)cc2)C(=O)O1. The molecule has 0 aromatic heterocycles. The summed E-state index contributed by atoms with van der Waals surface area (Å²) in [7, 11) is 3.96. The van der Waals surface area contributed by atoms with E-state index in [-0.39, 0.29) is 5.97 Å². The Kier molecular flexibility index (Phi) is 2.95. The van der Waals surface area contributed by atoms with Crippen LogP contribution in [0.15, 0.2) is 35.0 Å². The topological polar surface area (TPSA) is 41.9 Å². The van der Waals surface area contributed by atoms with Crippen LogP contribution in [-0.4, -0.2) is 26.0 Å². The molecule has 4 heteroatoms. The minimum Gasteiger partial charge on any atom is -0.407 e. The van der Waals surface area contributed by atoms with Crippen molar-refractivity contribution < 1.29 is 9.53 Å². The Labute approximate surface area is 100 Å². The average Bonchev–Trinajstić information content (AvgIpc) is 2.58. The molecule has 0 spiro atoms. The highest BCUT2D eigenvalue weighted by atomic mass is 16.6. The molecule has 1 aromatic rings. The smallest absolute Gasteiger partial charge is 0.363 e. The van der Waals surface area contributed by atoms with Crippen molar-refractivity contribution in [2.24, 2.45) is 4.99 Å². The van der Waals surface area contributed by atoms with E-state index in [1.807, 2.05) is 43.3 Å². The van der Waals surface area contributed by atoms with Crippen molar-refractivity contribution in [1.82, 2.24) is 0 Å². The number of rotatable bonds is 2. The van der Waals surface area contributed by atoms with Crippen LogP contribution in [0.5, 0.6) is 0 Å².